The maximum Gasteiger partial charge on any atom is 0.322 e. The zero-order valence-corrected chi connectivity index (χ0v) is 90.5. The number of rotatable bonds is 10. The molecule has 13 fully saturated rings. The van der Waals surface area contributed by atoms with Crippen LogP contribution in [0.2, 0.25) is 0 Å². The number of piperazine rings is 13. The van der Waals surface area contributed by atoms with Gasteiger partial charge in [0.15, 0.2) is 0 Å². The highest BCUT2D eigenvalue weighted by atomic mass is 16.4. The van der Waals surface area contributed by atoms with Crippen LogP contribution in [0.15, 0.2) is 0 Å². The predicted octanol–water partition coefficient (Wildman–Crippen LogP) is 1.49. The van der Waals surface area contributed by atoms with E-state index in [4.69, 9.17) is 20.4 Å². The molecule has 0 amide bonds. The standard InChI is InChI=1S/2C8H16N2O2.4C8H18N2.2C7H14N2O2.4C7H16N2.C6H14N2/c2*1-9-3-4-10(2)7(6-9)5-8(11)12;4*1-4-8-7-9(2)5-6-10(8)3;2*1-8-3-4-9(2)6(5-8)7(10)11;4*1-7-6-8(2)4-5-9(7)3;1-7-3-5-8(2)6-4-7/h2*7H,3-6H2,1-2H3,(H,11,12);4*8H,4-7H2,1-3H3;2*6H,3-5H2,1-2H3,(H,10,11);4*7H,4-6H2,1-3H3;3-6H2,1-2H3. The third-order valence-corrected chi connectivity index (χ3v) is 29.2. The third-order valence-electron chi connectivity index (χ3n) is 29.2. The molecule has 130 heavy (non-hydrogen) atoms. The first-order valence-electron chi connectivity index (χ1n) is 49.9. The van der Waals surface area contributed by atoms with Gasteiger partial charge >= 0.3 is 23.9 Å². The molecule has 12 atom stereocenters. The number of carboxylic acid groups (broad SMARTS) is 4. The molecule has 0 radical (unpaired) electrons. The van der Waals surface area contributed by atoms with Crippen LogP contribution in [-0.2, 0) is 19.2 Å². The fourth-order valence-corrected chi connectivity index (χ4v) is 17.6. The summed E-state index contributed by atoms with van der Waals surface area (Å²) in [6, 6.07) is 5.83. The van der Waals surface area contributed by atoms with Crippen LogP contribution in [0, 0.1) is 0 Å². The minimum atomic E-state index is -0.723. The SMILES string of the molecule is CC1CN(C)CCN1C.CC1CN(C)CCN1C.CC1CN(C)CCN1C.CC1CN(C)CCN1C.CCC1CN(C)CCN1C.CCC1CN(C)CCN1C.CCC1CN(C)CCN1C.CCC1CN(C)CCN1C.CN1CCN(C)C(C(=O)O)C1.CN1CCN(C)C(C(=O)O)C1.CN1CCN(C)C(CC(=O)O)C1.CN1CCN(C)C(CC(=O)O)C1.CN1CCN(C)CC1. The molecule has 0 spiro atoms. The van der Waals surface area contributed by atoms with Crippen molar-refractivity contribution in [2.75, 3.05) is 445 Å². The number of nitrogens with zero attached hydrogens (tertiary/aromatic N) is 26. The molecular formula is C96H210N26O8. The maximum atomic E-state index is 10.6. The lowest BCUT2D eigenvalue weighted by Gasteiger charge is -2.37. The summed E-state index contributed by atoms with van der Waals surface area (Å²) < 4.78 is 0. The molecule has 4 N–H and O–H groups in total. The number of carboxylic acids is 4. The maximum absolute atomic E-state index is 10.6. The number of hydrogen-bond donors (Lipinski definition) is 4. The van der Waals surface area contributed by atoms with E-state index < -0.39 is 23.9 Å². The van der Waals surface area contributed by atoms with Gasteiger partial charge in [-0.1, -0.05) is 27.7 Å². The Kier molecular flexibility index (Phi) is 66.1. The Balaban J connectivity index is 0.000000705. The summed E-state index contributed by atoms with van der Waals surface area (Å²) in [6.07, 6.45) is 5.62. The third kappa shape index (κ3) is 54.8. The first-order chi connectivity index (χ1) is 60.9. The highest BCUT2D eigenvalue weighted by Crippen LogP contribution is 2.16. The molecule has 0 aromatic heterocycles. The van der Waals surface area contributed by atoms with Crippen molar-refractivity contribution in [3.63, 3.8) is 0 Å². The van der Waals surface area contributed by atoms with Gasteiger partial charge in [-0.2, -0.15) is 0 Å². The van der Waals surface area contributed by atoms with E-state index in [0.29, 0.717) is 13.1 Å². The van der Waals surface area contributed by atoms with Crippen LogP contribution in [0.3, 0.4) is 0 Å². The monoisotopic (exact) mass is 1860 g/mol. The van der Waals surface area contributed by atoms with Crippen molar-refractivity contribution in [2.45, 2.75) is 166 Å². The van der Waals surface area contributed by atoms with E-state index in [1.54, 1.807) is 0 Å². The first kappa shape index (κ1) is 125. The van der Waals surface area contributed by atoms with Gasteiger partial charge in [0, 0.05) is 322 Å². The second kappa shape index (κ2) is 68.8. The Hall–Kier alpha value is -3.16. The van der Waals surface area contributed by atoms with Crippen LogP contribution in [0.5, 0.6) is 0 Å². The molecule has 0 aromatic carbocycles. The van der Waals surface area contributed by atoms with Gasteiger partial charge in [0.05, 0.1) is 12.8 Å². The van der Waals surface area contributed by atoms with Crippen LogP contribution in [-0.4, -0.2) is 689 Å². The Bertz CT molecular complexity index is 2600. The van der Waals surface area contributed by atoms with Crippen molar-refractivity contribution in [3.05, 3.63) is 0 Å². The largest absolute Gasteiger partial charge is 0.481 e. The van der Waals surface area contributed by atoms with E-state index in [2.05, 4.69) is 290 Å². The van der Waals surface area contributed by atoms with Crippen LogP contribution < -0.4 is 0 Å². The summed E-state index contributed by atoms with van der Waals surface area (Å²) in [4.78, 5) is 102. The van der Waals surface area contributed by atoms with Crippen LogP contribution in [0.1, 0.15) is 93.9 Å². The molecule has 13 aliphatic heterocycles. The summed E-state index contributed by atoms with van der Waals surface area (Å²) >= 11 is 0. The fourth-order valence-electron chi connectivity index (χ4n) is 17.6. The second-order valence-corrected chi connectivity index (χ2v) is 41.4. The van der Waals surface area contributed by atoms with Gasteiger partial charge < -0.3 is 138 Å². The molecule has 772 valence electrons. The Morgan fingerprint density at radius 2 is 0.323 bits per heavy atom. The van der Waals surface area contributed by atoms with Crippen molar-refractivity contribution in [2.24, 2.45) is 0 Å². The number of likely N-dealkylation sites (N-methyl/N-ethyl adjacent to an activating group) is 26. The van der Waals surface area contributed by atoms with Gasteiger partial charge in [-0.05, 0) is 237 Å². The van der Waals surface area contributed by atoms with Crippen LogP contribution in [0.25, 0.3) is 0 Å². The van der Waals surface area contributed by atoms with E-state index in [9.17, 15) is 19.2 Å². The molecule has 13 heterocycles. The molecule has 0 bridgehead atoms. The highest BCUT2D eigenvalue weighted by Gasteiger charge is 2.32. The van der Waals surface area contributed by atoms with E-state index in [1.807, 2.05) is 76.0 Å². The molecule has 0 aromatic rings. The molecule has 0 saturated carbocycles. The van der Waals surface area contributed by atoms with Crippen LogP contribution >= 0.6 is 0 Å². The zero-order chi connectivity index (χ0) is 98.8. The summed E-state index contributed by atoms with van der Waals surface area (Å²) in [7, 11) is 55.2. The second-order valence-electron chi connectivity index (χ2n) is 41.4. The van der Waals surface area contributed by atoms with Gasteiger partial charge in [-0.3, -0.25) is 29.0 Å². The summed E-state index contributed by atoms with van der Waals surface area (Å²) in [6.45, 7) is 63.1. The first-order valence-corrected chi connectivity index (χ1v) is 49.9. The van der Waals surface area contributed by atoms with Gasteiger partial charge in [0.1, 0.15) is 12.1 Å². The van der Waals surface area contributed by atoms with E-state index in [1.165, 1.54) is 209 Å². The molecule has 13 saturated heterocycles. The van der Waals surface area contributed by atoms with E-state index in [-0.39, 0.29) is 37.0 Å². The topological polar surface area (TPSA) is 233 Å². The van der Waals surface area contributed by atoms with Crippen molar-refractivity contribution in [1.29, 1.82) is 0 Å². The number of carbonyl (C=O) groups is 4. The van der Waals surface area contributed by atoms with Crippen molar-refractivity contribution < 1.29 is 39.6 Å². The van der Waals surface area contributed by atoms with Gasteiger partial charge in [0.2, 0.25) is 0 Å². The lowest BCUT2D eigenvalue weighted by molar-refractivity contribution is -0.145. The normalized spacial score (nSPS) is 30.2. The Morgan fingerprint density at radius 3 is 0.462 bits per heavy atom. The van der Waals surface area contributed by atoms with Crippen molar-refractivity contribution in [3.8, 4) is 0 Å². The van der Waals surface area contributed by atoms with E-state index >= 15 is 0 Å². The van der Waals surface area contributed by atoms with Crippen molar-refractivity contribution in [1.82, 2.24) is 127 Å². The van der Waals surface area contributed by atoms with Crippen LogP contribution in [0.4, 0.5) is 0 Å². The summed E-state index contributed by atoms with van der Waals surface area (Å²) in [5.74, 6) is -2.86. The van der Waals surface area contributed by atoms with Crippen molar-refractivity contribution >= 4 is 23.9 Å². The lowest BCUT2D eigenvalue weighted by atomic mass is 10.1. The molecule has 13 aliphatic rings. The molecular weight excluding hydrogens is 1650 g/mol. The van der Waals surface area contributed by atoms with Gasteiger partial charge in [-0.25, -0.2) is 0 Å². The minimum Gasteiger partial charge on any atom is -0.481 e. The quantitative estimate of drug-likeness (QED) is 0.243. The fraction of sp³-hybridized carbons (Fsp3) is 0.958. The average Bonchev–Trinajstić information content (AvgIpc) is 0.868. The van der Waals surface area contributed by atoms with Gasteiger partial charge in [-0.15, -0.1) is 0 Å². The predicted molar refractivity (Wildman–Crippen MR) is 546 cm³/mol. The highest BCUT2D eigenvalue weighted by molar-refractivity contribution is 5.74. The average molecular weight is 1860 g/mol. The zero-order valence-electron chi connectivity index (χ0n) is 90.5. The molecule has 12 unspecified atom stereocenters. The molecule has 34 heteroatoms. The Labute approximate surface area is 798 Å². The number of hydrogen-bond acceptors (Lipinski definition) is 30. The smallest absolute Gasteiger partial charge is 0.322 e. The molecule has 13 rings (SSSR count). The Morgan fingerprint density at radius 1 is 0.185 bits per heavy atom. The summed E-state index contributed by atoms with van der Waals surface area (Å²) in [5, 5.41) is 34.8. The lowest BCUT2D eigenvalue weighted by Crippen LogP contribution is -2.53. The molecule has 34 nitrogen and oxygen atoms in total. The number of aliphatic carboxylic acids is 4. The van der Waals surface area contributed by atoms with E-state index in [0.717, 1.165) is 114 Å². The minimum absolute atomic E-state index is 0.182. The molecule has 0 aliphatic carbocycles. The summed E-state index contributed by atoms with van der Waals surface area (Å²) in [5.41, 5.74) is 0. The van der Waals surface area contributed by atoms with Gasteiger partial charge in [0.25, 0.3) is 0 Å².